The summed E-state index contributed by atoms with van der Waals surface area (Å²) in [6.07, 6.45) is 12.2. The van der Waals surface area contributed by atoms with E-state index < -0.39 is 0 Å². The van der Waals surface area contributed by atoms with Crippen molar-refractivity contribution in [1.29, 1.82) is 0 Å². The Hall–Kier alpha value is -2.50. The third kappa shape index (κ3) is 6.24. The molecule has 29 heavy (non-hydrogen) atoms. The SMILES string of the molecule is CCCCCCCCN(Cc1nccn1C)C(=O)CCc1ccc2c(c1)OCO2. The Labute approximate surface area is 173 Å². The van der Waals surface area contributed by atoms with Crippen molar-refractivity contribution in [2.75, 3.05) is 13.3 Å². The fraction of sp³-hybridized carbons (Fsp3) is 0.565. The number of ether oxygens (including phenoxy) is 2. The maximum absolute atomic E-state index is 13.0. The van der Waals surface area contributed by atoms with Gasteiger partial charge in [-0.3, -0.25) is 4.79 Å². The van der Waals surface area contributed by atoms with Gasteiger partial charge in [0.15, 0.2) is 11.5 Å². The Balaban J connectivity index is 1.53. The Morgan fingerprint density at radius 1 is 1.14 bits per heavy atom. The molecule has 0 fully saturated rings. The first-order valence-corrected chi connectivity index (χ1v) is 10.8. The van der Waals surface area contributed by atoms with Crippen LogP contribution in [0.2, 0.25) is 0 Å². The highest BCUT2D eigenvalue weighted by atomic mass is 16.7. The summed E-state index contributed by atoms with van der Waals surface area (Å²) in [5.74, 6) is 2.65. The average Bonchev–Trinajstić information content (AvgIpc) is 3.36. The molecule has 0 bridgehead atoms. The molecule has 6 nitrogen and oxygen atoms in total. The van der Waals surface area contributed by atoms with Crippen molar-refractivity contribution in [3.05, 3.63) is 42.0 Å². The zero-order valence-corrected chi connectivity index (χ0v) is 17.7. The number of carbonyl (C=O) groups excluding carboxylic acids is 1. The highest BCUT2D eigenvalue weighted by Crippen LogP contribution is 2.32. The van der Waals surface area contributed by atoms with Crippen molar-refractivity contribution in [3.63, 3.8) is 0 Å². The van der Waals surface area contributed by atoms with E-state index in [0.29, 0.717) is 19.4 Å². The van der Waals surface area contributed by atoms with Gasteiger partial charge in [-0.15, -0.1) is 0 Å². The van der Waals surface area contributed by atoms with E-state index in [4.69, 9.17) is 9.47 Å². The number of amides is 1. The Morgan fingerprint density at radius 2 is 1.93 bits per heavy atom. The quantitative estimate of drug-likeness (QED) is 0.494. The average molecular weight is 400 g/mol. The molecule has 0 N–H and O–H groups in total. The number of hydrogen-bond acceptors (Lipinski definition) is 4. The van der Waals surface area contributed by atoms with Crippen LogP contribution in [0.1, 0.15) is 63.3 Å². The Bertz CT molecular complexity index is 787. The van der Waals surface area contributed by atoms with Crippen molar-refractivity contribution >= 4 is 5.91 Å². The molecule has 0 atom stereocenters. The molecule has 0 aliphatic carbocycles. The largest absolute Gasteiger partial charge is 0.454 e. The molecule has 0 unspecified atom stereocenters. The Morgan fingerprint density at radius 3 is 2.72 bits per heavy atom. The molecule has 1 aromatic heterocycles. The second-order valence-electron chi connectivity index (χ2n) is 7.73. The van der Waals surface area contributed by atoms with E-state index in [-0.39, 0.29) is 12.7 Å². The summed E-state index contributed by atoms with van der Waals surface area (Å²) in [5.41, 5.74) is 1.10. The van der Waals surface area contributed by atoms with E-state index in [0.717, 1.165) is 35.9 Å². The van der Waals surface area contributed by atoms with Crippen LogP contribution in [0, 0.1) is 0 Å². The monoisotopic (exact) mass is 399 g/mol. The molecule has 1 aliphatic rings. The van der Waals surface area contributed by atoms with Gasteiger partial charge in [-0.1, -0.05) is 45.1 Å². The summed E-state index contributed by atoms with van der Waals surface area (Å²) in [7, 11) is 1.97. The van der Waals surface area contributed by atoms with Crippen LogP contribution in [0.15, 0.2) is 30.6 Å². The van der Waals surface area contributed by atoms with Gasteiger partial charge in [0, 0.05) is 32.4 Å². The molecule has 1 amide bonds. The molecule has 1 aromatic carbocycles. The lowest BCUT2D eigenvalue weighted by atomic mass is 10.1. The van der Waals surface area contributed by atoms with E-state index in [1.54, 1.807) is 6.20 Å². The van der Waals surface area contributed by atoms with E-state index in [9.17, 15) is 4.79 Å². The second-order valence-corrected chi connectivity index (χ2v) is 7.73. The number of imidazole rings is 1. The highest BCUT2D eigenvalue weighted by molar-refractivity contribution is 5.76. The lowest BCUT2D eigenvalue weighted by Gasteiger charge is -2.23. The molecule has 1 aliphatic heterocycles. The summed E-state index contributed by atoms with van der Waals surface area (Å²) >= 11 is 0. The lowest BCUT2D eigenvalue weighted by molar-refractivity contribution is -0.132. The van der Waals surface area contributed by atoms with Crippen LogP contribution in [0.25, 0.3) is 0 Å². The number of aryl methyl sites for hydroxylation is 2. The number of benzene rings is 1. The summed E-state index contributed by atoms with van der Waals surface area (Å²) in [6.45, 7) is 3.86. The minimum absolute atomic E-state index is 0.180. The second kappa shape index (κ2) is 10.9. The van der Waals surface area contributed by atoms with Crippen LogP contribution in [0.4, 0.5) is 0 Å². The zero-order valence-electron chi connectivity index (χ0n) is 17.7. The number of carbonyl (C=O) groups is 1. The predicted octanol–water partition coefficient (Wildman–Crippen LogP) is 4.47. The molecule has 0 saturated carbocycles. The number of aromatic nitrogens is 2. The van der Waals surface area contributed by atoms with E-state index >= 15 is 0 Å². The van der Waals surface area contributed by atoms with Crippen molar-refractivity contribution in [2.45, 2.75) is 64.8 Å². The maximum atomic E-state index is 13.0. The van der Waals surface area contributed by atoms with Crippen molar-refractivity contribution in [1.82, 2.24) is 14.5 Å². The van der Waals surface area contributed by atoms with Gasteiger partial charge in [0.05, 0.1) is 6.54 Å². The van der Waals surface area contributed by atoms with Crippen LogP contribution in [-0.4, -0.2) is 33.7 Å². The first-order valence-electron chi connectivity index (χ1n) is 10.8. The number of fused-ring (bicyclic) bond motifs is 1. The summed E-state index contributed by atoms with van der Waals surface area (Å²) in [6, 6.07) is 5.91. The summed E-state index contributed by atoms with van der Waals surface area (Å²) < 4.78 is 12.8. The van der Waals surface area contributed by atoms with Crippen LogP contribution in [0.3, 0.4) is 0 Å². The minimum atomic E-state index is 0.180. The van der Waals surface area contributed by atoms with E-state index in [1.807, 2.05) is 40.9 Å². The van der Waals surface area contributed by atoms with Gasteiger partial charge in [0.2, 0.25) is 12.7 Å². The van der Waals surface area contributed by atoms with Gasteiger partial charge >= 0.3 is 0 Å². The molecule has 0 spiro atoms. The molecule has 158 valence electrons. The minimum Gasteiger partial charge on any atom is -0.454 e. The smallest absolute Gasteiger partial charge is 0.231 e. The first kappa shape index (κ1) is 21.2. The third-order valence-corrected chi connectivity index (χ3v) is 5.45. The third-order valence-electron chi connectivity index (χ3n) is 5.45. The van der Waals surface area contributed by atoms with Gasteiger partial charge in [-0.25, -0.2) is 4.98 Å². The summed E-state index contributed by atoms with van der Waals surface area (Å²) in [5, 5.41) is 0. The molecule has 3 rings (SSSR count). The van der Waals surface area contributed by atoms with E-state index in [2.05, 4.69) is 11.9 Å². The molecule has 0 radical (unpaired) electrons. The highest BCUT2D eigenvalue weighted by Gasteiger charge is 2.17. The molecule has 2 heterocycles. The topological polar surface area (TPSA) is 56.6 Å². The molecular weight excluding hydrogens is 366 g/mol. The van der Waals surface area contributed by atoms with Crippen molar-refractivity contribution in [2.24, 2.45) is 7.05 Å². The number of nitrogens with zero attached hydrogens (tertiary/aromatic N) is 3. The zero-order chi connectivity index (χ0) is 20.5. The fourth-order valence-corrected chi connectivity index (χ4v) is 3.60. The number of hydrogen-bond donors (Lipinski definition) is 0. The van der Waals surface area contributed by atoms with Crippen molar-refractivity contribution < 1.29 is 14.3 Å². The maximum Gasteiger partial charge on any atom is 0.231 e. The molecular formula is C23H33N3O3. The van der Waals surface area contributed by atoms with E-state index in [1.165, 1.54) is 32.1 Å². The standard InChI is InChI=1S/C23H33N3O3/c1-3-4-5-6-7-8-14-26(17-22-24-13-15-25(22)2)23(27)12-10-19-9-11-20-21(16-19)29-18-28-20/h9,11,13,15-16H,3-8,10,12,14,17-18H2,1-2H3. The van der Waals surface area contributed by atoms with Crippen LogP contribution >= 0.6 is 0 Å². The van der Waals surface area contributed by atoms with Gasteiger partial charge in [0.1, 0.15) is 5.82 Å². The van der Waals surface area contributed by atoms with Gasteiger partial charge < -0.3 is 18.9 Å². The molecule has 6 heteroatoms. The van der Waals surface area contributed by atoms with Crippen LogP contribution in [0.5, 0.6) is 11.5 Å². The fourth-order valence-electron chi connectivity index (χ4n) is 3.60. The lowest BCUT2D eigenvalue weighted by Crippen LogP contribution is -2.32. The first-order chi connectivity index (χ1) is 14.2. The number of rotatable bonds is 12. The van der Waals surface area contributed by atoms with Crippen molar-refractivity contribution in [3.8, 4) is 11.5 Å². The molecule has 0 saturated heterocycles. The number of unbranched alkanes of at least 4 members (excludes halogenated alkanes) is 5. The van der Waals surface area contributed by atoms with Gasteiger partial charge in [-0.2, -0.15) is 0 Å². The predicted molar refractivity (Wildman–Crippen MR) is 113 cm³/mol. The Kier molecular flexibility index (Phi) is 7.96. The molecule has 2 aromatic rings. The van der Waals surface area contributed by atoms with Gasteiger partial charge in [-0.05, 0) is 30.5 Å². The van der Waals surface area contributed by atoms with Crippen LogP contribution < -0.4 is 9.47 Å². The van der Waals surface area contributed by atoms with Gasteiger partial charge in [0.25, 0.3) is 0 Å². The summed E-state index contributed by atoms with van der Waals surface area (Å²) in [4.78, 5) is 19.4. The normalized spacial score (nSPS) is 12.3. The van der Waals surface area contributed by atoms with Crippen LogP contribution in [-0.2, 0) is 24.8 Å².